The van der Waals surface area contributed by atoms with Crippen LogP contribution in [0.1, 0.15) is 12.8 Å². The molecule has 0 bridgehead atoms. The van der Waals surface area contributed by atoms with Crippen LogP contribution in [0.15, 0.2) is 42.5 Å². The molecule has 0 aromatic heterocycles. The average molecular weight is 566 g/mol. The van der Waals surface area contributed by atoms with Crippen LogP contribution in [-0.2, 0) is 14.9 Å². The van der Waals surface area contributed by atoms with Crippen molar-refractivity contribution >= 4 is 44.2 Å². The Morgan fingerprint density at radius 2 is 1.63 bits per heavy atom. The van der Waals surface area contributed by atoms with Crippen molar-refractivity contribution < 1.29 is 50.3 Å². The monoisotopic (exact) mass is 568 g/mol. The fraction of sp³-hybridized carbons (Fsp3) is 0.235. The molecule has 0 aliphatic heterocycles. The van der Waals surface area contributed by atoms with E-state index in [2.05, 4.69) is 0 Å². The number of alkyl halides is 4. The number of phenols is 2. The molecule has 30 heavy (non-hydrogen) atoms. The van der Waals surface area contributed by atoms with Gasteiger partial charge in [-0.05, 0) is 0 Å². The molecule has 0 saturated carbocycles. The van der Waals surface area contributed by atoms with Crippen molar-refractivity contribution in [3.05, 3.63) is 42.5 Å². The molecule has 164 valence electrons. The molecule has 0 atom stereocenters. The van der Waals surface area contributed by atoms with Crippen LogP contribution < -0.4 is 12.0 Å². The van der Waals surface area contributed by atoms with Crippen molar-refractivity contribution in [3.8, 4) is 17.2 Å². The molecular formula is C17H14F4O7STe. The Labute approximate surface area is 178 Å². The van der Waals surface area contributed by atoms with E-state index in [0.29, 0.717) is 3.61 Å². The van der Waals surface area contributed by atoms with E-state index in [1.807, 2.05) is 0 Å². The molecule has 7 nitrogen and oxygen atoms in total. The van der Waals surface area contributed by atoms with E-state index < -0.39 is 61.0 Å². The summed E-state index contributed by atoms with van der Waals surface area (Å²) in [4.78, 5) is 11.6. The maximum atomic E-state index is 13.4. The molecule has 2 aromatic rings. The molecule has 13 heteroatoms. The first kappa shape index (κ1) is 24.2. The van der Waals surface area contributed by atoms with Crippen molar-refractivity contribution in [1.82, 2.24) is 0 Å². The zero-order valence-corrected chi connectivity index (χ0v) is 17.9. The fourth-order valence-corrected chi connectivity index (χ4v) is 4.91. The first-order valence-corrected chi connectivity index (χ1v) is 11.7. The summed E-state index contributed by atoms with van der Waals surface area (Å²) in [5.74, 6) is -6.71. The minimum atomic E-state index is -6.37. The van der Waals surface area contributed by atoms with Gasteiger partial charge in [0, 0.05) is 0 Å². The zero-order valence-electron chi connectivity index (χ0n) is 14.8. The number of halogens is 4. The van der Waals surface area contributed by atoms with Gasteiger partial charge in [0.25, 0.3) is 0 Å². The second-order valence-corrected chi connectivity index (χ2v) is 10.5. The van der Waals surface area contributed by atoms with Crippen LogP contribution in [0.4, 0.5) is 17.6 Å². The molecule has 0 saturated heterocycles. The van der Waals surface area contributed by atoms with Gasteiger partial charge in [-0.3, -0.25) is 0 Å². The summed E-state index contributed by atoms with van der Waals surface area (Å²) < 4.78 is 88.2. The van der Waals surface area contributed by atoms with Crippen LogP contribution >= 0.6 is 0 Å². The Bertz CT molecular complexity index is 1030. The Morgan fingerprint density at radius 3 is 2.17 bits per heavy atom. The van der Waals surface area contributed by atoms with Crippen LogP contribution in [-0.4, -0.2) is 61.3 Å². The number of rotatable bonds is 8. The van der Waals surface area contributed by atoms with Crippen LogP contribution in [0.2, 0.25) is 0 Å². The zero-order chi connectivity index (χ0) is 22.7. The predicted molar refractivity (Wildman–Crippen MR) is 97.5 cm³/mol. The van der Waals surface area contributed by atoms with Crippen molar-refractivity contribution in [2.24, 2.45) is 0 Å². The number of benzene rings is 2. The first-order chi connectivity index (χ1) is 13.7. The number of esters is 1. The molecule has 2 rings (SSSR count). The third-order valence-corrected chi connectivity index (χ3v) is 7.63. The average Bonchev–Trinajstić information content (AvgIpc) is 2.63. The fourth-order valence-electron chi connectivity index (χ4n) is 2.07. The van der Waals surface area contributed by atoms with Gasteiger partial charge < -0.3 is 0 Å². The second kappa shape index (κ2) is 8.97. The van der Waals surface area contributed by atoms with Crippen molar-refractivity contribution in [3.63, 3.8) is 0 Å². The van der Waals surface area contributed by atoms with Gasteiger partial charge in [-0.1, -0.05) is 0 Å². The van der Waals surface area contributed by atoms with Gasteiger partial charge in [0.15, 0.2) is 0 Å². The van der Waals surface area contributed by atoms with Crippen LogP contribution in [0, 0.1) is 0 Å². The topological polar surface area (TPSA) is 121 Å². The molecule has 0 aliphatic rings. The molecule has 0 heterocycles. The van der Waals surface area contributed by atoms with Gasteiger partial charge in [-0.25, -0.2) is 0 Å². The molecule has 3 N–H and O–H groups in total. The normalized spacial score (nSPS) is 12.6. The first-order valence-electron chi connectivity index (χ1n) is 7.96. The van der Waals surface area contributed by atoms with E-state index in [-0.39, 0.29) is 17.2 Å². The van der Waals surface area contributed by atoms with Gasteiger partial charge in [0.05, 0.1) is 0 Å². The van der Waals surface area contributed by atoms with Gasteiger partial charge in [-0.15, -0.1) is 0 Å². The van der Waals surface area contributed by atoms with Crippen LogP contribution in [0.25, 0.3) is 0 Å². The number of aromatic hydroxyl groups is 2. The molecular weight excluding hydrogens is 552 g/mol. The number of carbonyl (C=O) groups is 1. The number of hydrogen-bond acceptors (Lipinski definition) is 6. The van der Waals surface area contributed by atoms with E-state index >= 15 is 0 Å². The summed E-state index contributed by atoms with van der Waals surface area (Å²) in [6.45, 7) is 0. The SMILES string of the molecule is O=C(CCC(F)(F)C(F)(F)S(=O)(=O)O)Oc1ccc([Te]c2ccc(O)cc2O)cc1. The number of phenolic OH excluding ortho intramolecular Hbond substituents is 2. The molecule has 0 unspecified atom stereocenters. The van der Waals surface area contributed by atoms with Gasteiger partial charge in [0.1, 0.15) is 0 Å². The quantitative estimate of drug-likeness (QED) is 0.146. The summed E-state index contributed by atoms with van der Waals surface area (Å²) in [7, 11) is -6.37. The number of carbonyl (C=O) groups excluding carboxylic acids is 1. The summed E-state index contributed by atoms with van der Waals surface area (Å²) in [5.41, 5.74) is 0. The maximum absolute atomic E-state index is 13.4. The number of hydrogen-bond donors (Lipinski definition) is 3. The van der Waals surface area contributed by atoms with E-state index in [4.69, 9.17) is 9.29 Å². The Kier molecular flexibility index (Phi) is 7.24. The van der Waals surface area contributed by atoms with Crippen LogP contribution in [0.5, 0.6) is 17.2 Å². The molecule has 2 aromatic carbocycles. The van der Waals surface area contributed by atoms with Crippen molar-refractivity contribution in [1.29, 1.82) is 0 Å². The molecule has 0 fully saturated rings. The van der Waals surface area contributed by atoms with Gasteiger partial charge >= 0.3 is 178 Å². The third-order valence-electron chi connectivity index (χ3n) is 3.62. The Morgan fingerprint density at radius 1 is 1.03 bits per heavy atom. The van der Waals surface area contributed by atoms with Gasteiger partial charge in [-0.2, -0.15) is 0 Å². The molecule has 0 aliphatic carbocycles. The molecule has 0 amide bonds. The Balaban J connectivity index is 1.96. The van der Waals surface area contributed by atoms with Crippen molar-refractivity contribution in [2.75, 3.05) is 0 Å². The third kappa shape index (κ3) is 5.75. The van der Waals surface area contributed by atoms with Gasteiger partial charge in [0.2, 0.25) is 0 Å². The molecule has 0 spiro atoms. The van der Waals surface area contributed by atoms with E-state index in [9.17, 15) is 41.0 Å². The van der Waals surface area contributed by atoms with E-state index in [1.165, 1.54) is 24.3 Å². The second-order valence-electron chi connectivity index (χ2n) is 5.90. The standard InChI is InChI=1S/C17H14F4O7STe/c18-16(19,17(20,21)29(25,26)27)8-7-15(24)28-11-2-4-12(5-3-11)30-14-6-1-10(22)9-13(14)23/h1-6,9,22-23H,7-8H2,(H,25,26,27). The summed E-state index contributed by atoms with van der Waals surface area (Å²) >= 11 is -1.05. The predicted octanol–water partition coefficient (Wildman–Crippen LogP) is 1.55. The molecule has 0 radical (unpaired) electrons. The summed E-state index contributed by atoms with van der Waals surface area (Å²) in [5, 5.41) is 13.3. The minimum absolute atomic E-state index is 0.0593. The summed E-state index contributed by atoms with van der Waals surface area (Å²) in [6.07, 6.45) is -3.08. The van der Waals surface area contributed by atoms with E-state index in [0.717, 1.165) is 3.61 Å². The van der Waals surface area contributed by atoms with Crippen LogP contribution in [0.3, 0.4) is 0 Å². The van der Waals surface area contributed by atoms with E-state index in [1.54, 1.807) is 18.2 Å². The number of ether oxygens (including phenoxy) is 1. The van der Waals surface area contributed by atoms with Crippen molar-refractivity contribution in [2.45, 2.75) is 24.0 Å². The Hall–Kier alpha value is -2.07. The summed E-state index contributed by atoms with van der Waals surface area (Å²) in [6, 6.07) is 9.94.